The molecule has 1 atom stereocenters. The zero-order valence-corrected chi connectivity index (χ0v) is 20.3. The van der Waals surface area contributed by atoms with Crippen molar-refractivity contribution >= 4 is 51.0 Å². The predicted molar refractivity (Wildman–Crippen MR) is 130 cm³/mol. The summed E-state index contributed by atoms with van der Waals surface area (Å²) in [7, 11) is -3.88. The molecular formula is C22H18Cl2N4O6S. The molecule has 182 valence electrons. The molecule has 1 amide bonds. The highest BCUT2D eigenvalue weighted by Gasteiger charge is 2.39. The molecular weight excluding hydrogens is 519 g/mol. The molecule has 0 aliphatic carbocycles. The summed E-state index contributed by atoms with van der Waals surface area (Å²) in [6, 6.07) is 11.9. The van der Waals surface area contributed by atoms with Crippen LogP contribution < -0.4 is 5.43 Å². The van der Waals surface area contributed by atoms with Gasteiger partial charge in [-0.05, 0) is 55.3 Å². The van der Waals surface area contributed by atoms with Crippen LogP contribution in [-0.4, -0.2) is 42.4 Å². The summed E-state index contributed by atoms with van der Waals surface area (Å²) in [5, 5.41) is 15.6. The van der Waals surface area contributed by atoms with E-state index in [0.29, 0.717) is 23.4 Å². The first-order valence-corrected chi connectivity index (χ1v) is 12.5. The molecule has 2 aromatic carbocycles. The second-order valence-corrected chi connectivity index (χ2v) is 10.3. The van der Waals surface area contributed by atoms with Gasteiger partial charge < -0.3 is 4.42 Å². The molecule has 0 saturated carbocycles. The van der Waals surface area contributed by atoms with Gasteiger partial charge in [0.25, 0.3) is 11.6 Å². The van der Waals surface area contributed by atoms with Gasteiger partial charge in [0.1, 0.15) is 17.6 Å². The molecule has 1 fully saturated rings. The lowest BCUT2D eigenvalue weighted by Gasteiger charge is -2.22. The molecule has 10 nitrogen and oxygen atoms in total. The fourth-order valence-corrected chi connectivity index (χ4v) is 5.64. The standard InChI is InChI=1S/C22H18Cl2N4O6S/c23-14-3-7-17(8-4-14)35(32,33)27-11-1-2-20(27)22(29)26-25-13-16-6-10-21(34-16)18-12-15(28(30)31)5-9-19(18)24/h3-10,12-13,20H,1-2,11H2,(H,26,29)/b25-13-/t20-/m1/s1. The van der Waals surface area contributed by atoms with Gasteiger partial charge >= 0.3 is 0 Å². The van der Waals surface area contributed by atoms with Gasteiger partial charge in [-0.3, -0.25) is 14.9 Å². The number of nitro groups is 1. The van der Waals surface area contributed by atoms with E-state index >= 15 is 0 Å². The smallest absolute Gasteiger partial charge is 0.270 e. The maximum atomic E-state index is 13.0. The molecule has 0 bridgehead atoms. The molecule has 35 heavy (non-hydrogen) atoms. The Bertz CT molecular complexity index is 1410. The highest BCUT2D eigenvalue weighted by molar-refractivity contribution is 7.89. The van der Waals surface area contributed by atoms with Crippen LogP contribution >= 0.6 is 23.2 Å². The highest BCUT2D eigenvalue weighted by Crippen LogP contribution is 2.32. The van der Waals surface area contributed by atoms with Gasteiger partial charge in [-0.15, -0.1) is 0 Å². The van der Waals surface area contributed by atoms with Gasteiger partial charge in [-0.25, -0.2) is 13.8 Å². The Labute approximate surface area is 210 Å². The largest absolute Gasteiger partial charge is 0.455 e. The fraction of sp³-hybridized carbons (Fsp3) is 0.182. The van der Waals surface area contributed by atoms with Crippen LogP contribution in [0, 0.1) is 10.1 Å². The Balaban J connectivity index is 1.44. The third-order valence-corrected chi connectivity index (χ3v) is 7.85. The minimum atomic E-state index is -3.88. The summed E-state index contributed by atoms with van der Waals surface area (Å²) in [5.41, 5.74) is 2.54. The summed E-state index contributed by atoms with van der Waals surface area (Å²) in [6.45, 7) is 0.207. The van der Waals surface area contributed by atoms with E-state index in [2.05, 4.69) is 10.5 Å². The minimum Gasteiger partial charge on any atom is -0.455 e. The van der Waals surface area contributed by atoms with Crippen LogP contribution in [-0.2, 0) is 14.8 Å². The van der Waals surface area contributed by atoms with Crippen molar-refractivity contribution in [1.82, 2.24) is 9.73 Å². The lowest BCUT2D eigenvalue weighted by atomic mass is 10.1. The van der Waals surface area contributed by atoms with E-state index in [1.807, 2.05) is 0 Å². The van der Waals surface area contributed by atoms with E-state index in [1.54, 1.807) is 12.1 Å². The van der Waals surface area contributed by atoms with Crippen LogP contribution in [0.5, 0.6) is 0 Å². The van der Waals surface area contributed by atoms with Crippen molar-refractivity contribution in [3.63, 3.8) is 0 Å². The summed E-state index contributed by atoms with van der Waals surface area (Å²) in [6.07, 6.45) is 2.12. The Morgan fingerprint density at radius 3 is 2.63 bits per heavy atom. The number of furan rings is 1. The molecule has 3 aromatic rings. The van der Waals surface area contributed by atoms with E-state index < -0.39 is 26.9 Å². The summed E-state index contributed by atoms with van der Waals surface area (Å²) < 4.78 is 32.7. The molecule has 0 unspecified atom stereocenters. The number of nitrogens with zero attached hydrogens (tertiary/aromatic N) is 3. The van der Waals surface area contributed by atoms with Crippen LogP contribution in [0.3, 0.4) is 0 Å². The molecule has 0 spiro atoms. The predicted octanol–water partition coefficient (Wildman–Crippen LogP) is 4.47. The average Bonchev–Trinajstić information content (AvgIpc) is 3.50. The topological polar surface area (TPSA) is 135 Å². The SMILES string of the molecule is O=C(N/N=C\c1ccc(-c2cc([N+](=O)[O-])ccc2Cl)o1)[C@H]1CCCN1S(=O)(=O)c1ccc(Cl)cc1. The summed E-state index contributed by atoms with van der Waals surface area (Å²) in [4.78, 5) is 23.2. The van der Waals surface area contributed by atoms with E-state index in [-0.39, 0.29) is 33.7 Å². The van der Waals surface area contributed by atoms with Crippen LogP contribution in [0.2, 0.25) is 10.0 Å². The van der Waals surface area contributed by atoms with Crippen molar-refractivity contribution in [3.8, 4) is 11.3 Å². The van der Waals surface area contributed by atoms with E-state index in [4.69, 9.17) is 27.6 Å². The quantitative estimate of drug-likeness (QED) is 0.269. The Morgan fingerprint density at radius 2 is 1.91 bits per heavy atom. The third-order valence-electron chi connectivity index (χ3n) is 5.35. The number of rotatable bonds is 7. The van der Waals surface area contributed by atoms with Gasteiger partial charge in [-0.1, -0.05) is 23.2 Å². The Kier molecular flexibility index (Phi) is 7.22. The van der Waals surface area contributed by atoms with Crippen LogP contribution in [0.25, 0.3) is 11.3 Å². The Hall–Kier alpha value is -3.25. The molecule has 1 N–H and O–H groups in total. The zero-order chi connectivity index (χ0) is 25.2. The second kappa shape index (κ2) is 10.2. The number of hydrogen-bond acceptors (Lipinski definition) is 7. The lowest BCUT2D eigenvalue weighted by Crippen LogP contribution is -2.44. The molecule has 4 rings (SSSR count). The number of hydrogen-bond donors (Lipinski definition) is 1. The van der Waals surface area contributed by atoms with E-state index in [9.17, 15) is 23.3 Å². The van der Waals surface area contributed by atoms with Crippen molar-refractivity contribution in [2.75, 3.05) is 6.54 Å². The van der Waals surface area contributed by atoms with Gasteiger partial charge in [0, 0.05) is 29.3 Å². The number of sulfonamides is 1. The molecule has 13 heteroatoms. The number of hydrazone groups is 1. The molecule has 1 aromatic heterocycles. The number of carbonyl (C=O) groups is 1. The van der Waals surface area contributed by atoms with Crippen LogP contribution in [0.4, 0.5) is 5.69 Å². The molecule has 2 heterocycles. The molecule has 1 aliphatic rings. The number of amides is 1. The van der Waals surface area contributed by atoms with Gasteiger partial charge in [0.05, 0.1) is 21.1 Å². The molecule has 0 radical (unpaired) electrons. The van der Waals surface area contributed by atoms with E-state index in [1.165, 1.54) is 48.7 Å². The van der Waals surface area contributed by atoms with Crippen molar-refractivity contribution < 1.29 is 22.6 Å². The van der Waals surface area contributed by atoms with Crippen molar-refractivity contribution in [2.45, 2.75) is 23.8 Å². The summed E-state index contributed by atoms with van der Waals surface area (Å²) in [5.74, 6) is -0.0489. The highest BCUT2D eigenvalue weighted by atomic mass is 35.5. The van der Waals surface area contributed by atoms with Crippen molar-refractivity contribution in [1.29, 1.82) is 0 Å². The van der Waals surface area contributed by atoms with Crippen LogP contribution in [0.1, 0.15) is 18.6 Å². The molecule has 1 aliphatic heterocycles. The summed E-state index contributed by atoms with van der Waals surface area (Å²) >= 11 is 12.0. The first kappa shape index (κ1) is 24.9. The zero-order valence-electron chi connectivity index (χ0n) is 17.9. The number of halogens is 2. The number of nitrogens with one attached hydrogen (secondary N) is 1. The van der Waals surface area contributed by atoms with E-state index in [0.717, 1.165) is 4.31 Å². The normalized spacial score (nSPS) is 16.6. The molecule has 1 saturated heterocycles. The second-order valence-electron chi connectivity index (χ2n) is 7.59. The Morgan fingerprint density at radius 1 is 1.17 bits per heavy atom. The number of benzene rings is 2. The van der Waals surface area contributed by atoms with Crippen LogP contribution in [0.15, 0.2) is 69.0 Å². The fourth-order valence-electron chi connectivity index (χ4n) is 3.65. The average molecular weight is 537 g/mol. The maximum Gasteiger partial charge on any atom is 0.270 e. The minimum absolute atomic E-state index is 0.0491. The maximum absolute atomic E-state index is 13.0. The van der Waals surface area contributed by atoms with Crippen molar-refractivity contribution in [2.24, 2.45) is 5.10 Å². The number of non-ortho nitro benzene ring substituents is 1. The number of nitro benzene ring substituents is 1. The lowest BCUT2D eigenvalue weighted by molar-refractivity contribution is -0.384. The monoisotopic (exact) mass is 536 g/mol. The van der Waals surface area contributed by atoms with Gasteiger partial charge in [0.15, 0.2) is 0 Å². The van der Waals surface area contributed by atoms with Crippen molar-refractivity contribution in [3.05, 3.63) is 80.5 Å². The van der Waals surface area contributed by atoms with Gasteiger partial charge in [-0.2, -0.15) is 9.41 Å². The number of carbonyl (C=O) groups excluding carboxylic acids is 1. The van der Waals surface area contributed by atoms with Gasteiger partial charge in [0.2, 0.25) is 10.0 Å². The third kappa shape index (κ3) is 5.38. The first-order valence-electron chi connectivity index (χ1n) is 10.3. The first-order chi connectivity index (χ1) is 16.7.